The minimum atomic E-state index is 0.747. The Morgan fingerprint density at radius 2 is 2.25 bits per heavy atom. The Labute approximate surface area is 98.7 Å². The van der Waals surface area contributed by atoms with Crippen molar-refractivity contribution in [1.82, 2.24) is 0 Å². The van der Waals surface area contributed by atoms with Crippen LogP contribution in [-0.2, 0) is 5.75 Å². The second kappa shape index (κ2) is 5.03. The molecule has 0 saturated heterocycles. The van der Waals surface area contributed by atoms with Crippen molar-refractivity contribution in [3.8, 4) is 0 Å². The normalized spacial score (nSPS) is 10.3. The molecule has 2 nitrogen and oxygen atoms in total. The summed E-state index contributed by atoms with van der Waals surface area (Å²) in [6.45, 7) is 1.98. The number of carbonyl (C=O) groups excluding carboxylic acids is 1. The quantitative estimate of drug-likeness (QED) is 0.595. The van der Waals surface area contributed by atoms with Crippen molar-refractivity contribution >= 4 is 18.0 Å². The predicted molar refractivity (Wildman–Crippen MR) is 64.8 cm³/mol. The Morgan fingerprint density at radius 1 is 1.38 bits per heavy atom. The number of hydrogen-bond acceptors (Lipinski definition) is 3. The summed E-state index contributed by atoms with van der Waals surface area (Å²) in [4.78, 5) is 11.9. The summed E-state index contributed by atoms with van der Waals surface area (Å²) < 4.78 is 5.24. The number of aldehydes is 1. The highest BCUT2D eigenvalue weighted by molar-refractivity contribution is 7.98. The van der Waals surface area contributed by atoms with Crippen LogP contribution < -0.4 is 0 Å². The third-order valence-electron chi connectivity index (χ3n) is 2.24. The van der Waals surface area contributed by atoms with E-state index in [1.807, 2.05) is 37.3 Å². The van der Waals surface area contributed by atoms with Gasteiger partial charge in [-0.25, -0.2) is 0 Å². The number of hydrogen-bond donors (Lipinski definition) is 0. The summed E-state index contributed by atoms with van der Waals surface area (Å²) >= 11 is 1.61. The highest BCUT2D eigenvalue weighted by Crippen LogP contribution is 2.26. The van der Waals surface area contributed by atoms with Crippen molar-refractivity contribution in [1.29, 1.82) is 0 Å². The second-order valence-corrected chi connectivity index (χ2v) is 4.54. The van der Waals surface area contributed by atoms with Crippen molar-refractivity contribution in [3.05, 3.63) is 53.5 Å². The number of rotatable bonds is 4. The van der Waals surface area contributed by atoms with Crippen LogP contribution in [0.25, 0.3) is 0 Å². The maximum Gasteiger partial charge on any atom is 0.151 e. The van der Waals surface area contributed by atoms with E-state index in [-0.39, 0.29) is 0 Å². The lowest BCUT2D eigenvalue weighted by atomic mass is 10.2. The van der Waals surface area contributed by atoms with E-state index in [1.165, 1.54) is 0 Å². The van der Waals surface area contributed by atoms with Gasteiger partial charge in [0.1, 0.15) is 5.76 Å². The summed E-state index contributed by atoms with van der Waals surface area (Å²) in [5.41, 5.74) is 1.85. The van der Waals surface area contributed by atoms with Crippen molar-refractivity contribution < 1.29 is 9.21 Å². The van der Waals surface area contributed by atoms with E-state index in [0.717, 1.165) is 33.8 Å². The molecule has 1 aromatic heterocycles. The summed E-state index contributed by atoms with van der Waals surface area (Å²) in [5, 5.41) is 0. The Morgan fingerprint density at radius 3 is 2.94 bits per heavy atom. The lowest BCUT2D eigenvalue weighted by Crippen LogP contribution is -1.87. The van der Waals surface area contributed by atoms with Crippen LogP contribution >= 0.6 is 11.8 Å². The van der Waals surface area contributed by atoms with Crippen molar-refractivity contribution in [2.24, 2.45) is 0 Å². The number of thioether (sulfide) groups is 1. The molecule has 2 rings (SSSR count). The van der Waals surface area contributed by atoms with Gasteiger partial charge in [0.15, 0.2) is 6.29 Å². The molecule has 0 unspecified atom stereocenters. The first-order valence-corrected chi connectivity index (χ1v) is 5.99. The van der Waals surface area contributed by atoms with E-state index in [0.29, 0.717) is 0 Å². The number of carbonyl (C=O) groups is 1. The molecular formula is C13H12O2S. The average molecular weight is 232 g/mol. The van der Waals surface area contributed by atoms with Gasteiger partial charge >= 0.3 is 0 Å². The maximum absolute atomic E-state index is 10.9. The number of aryl methyl sites for hydroxylation is 1. The molecular weight excluding hydrogens is 220 g/mol. The zero-order valence-corrected chi connectivity index (χ0v) is 9.79. The van der Waals surface area contributed by atoms with E-state index in [2.05, 4.69) is 0 Å². The van der Waals surface area contributed by atoms with Crippen LogP contribution in [0.2, 0.25) is 0 Å². The molecule has 0 aliphatic rings. The molecule has 0 fully saturated rings. The van der Waals surface area contributed by atoms with Crippen molar-refractivity contribution in [3.63, 3.8) is 0 Å². The standard InChI is InChI=1S/C13H12O2S/c1-10-4-5-13(11(7-10)8-14)16-9-12-3-2-6-15-12/h2-8H,9H2,1H3. The smallest absolute Gasteiger partial charge is 0.151 e. The molecule has 0 aliphatic carbocycles. The first-order chi connectivity index (χ1) is 7.79. The molecule has 0 amide bonds. The summed E-state index contributed by atoms with van der Waals surface area (Å²) in [6, 6.07) is 9.69. The molecule has 16 heavy (non-hydrogen) atoms. The molecule has 3 heteroatoms. The summed E-state index contributed by atoms with van der Waals surface area (Å²) in [6.07, 6.45) is 2.56. The van der Waals surface area contributed by atoms with Gasteiger partial charge in [0.25, 0.3) is 0 Å². The molecule has 0 bridgehead atoms. The van der Waals surface area contributed by atoms with Gasteiger partial charge in [0, 0.05) is 10.5 Å². The first-order valence-electron chi connectivity index (χ1n) is 5.00. The lowest BCUT2D eigenvalue weighted by molar-refractivity contribution is 0.112. The molecule has 0 saturated carbocycles. The molecule has 1 heterocycles. The lowest BCUT2D eigenvalue weighted by Gasteiger charge is -2.04. The van der Waals surface area contributed by atoms with Gasteiger partial charge in [-0.15, -0.1) is 11.8 Å². The van der Waals surface area contributed by atoms with E-state index in [4.69, 9.17) is 4.42 Å². The Hall–Kier alpha value is -1.48. The Balaban J connectivity index is 2.12. The average Bonchev–Trinajstić information content (AvgIpc) is 2.80. The highest BCUT2D eigenvalue weighted by atomic mass is 32.2. The monoisotopic (exact) mass is 232 g/mol. The number of benzene rings is 1. The van der Waals surface area contributed by atoms with E-state index < -0.39 is 0 Å². The molecule has 82 valence electrons. The third-order valence-corrected chi connectivity index (χ3v) is 3.35. The van der Waals surface area contributed by atoms with Crippen LogP contribution in [0.4, 0.5) is 0 Å². The first kappa shape index (κ1) is 11.0. The van der Waals surface area contributed by atoms with Crippen LogP contribution in [0.3, 0.4) is 0 Å². The van der Waals surface area contributed by atoms with Gasteiger partial charge in [0.05, 0.1) is 12.0 Å². The molecule has 1 aromatic carbocycles. The summed E-state index contributed by atoms with van der Waals surface area (Å²) in [7, 11) is 0. The van der Waals surface area contributed by atoms with Crippen LogP contribution in [0.15, 0.2) is 45.9 Å². The largest absolute Gasteiger partial charge is 0.468 e. The van der Waals surface area contributed by atoms with Gasteiger partial charge in [-0.2, -0.15) is 0 Å². The molecule has 0 N–H and O–H groups in total. The fourth-order valence-corrected chi connectivity index (χ4v) is 2.34. The Bertz CT molecular complexity index is 475. The van der Waals surface area contributed by atoms with Crippen LogP contribution in [0, 0.1) is 6.92 Å². The summed E-state index contributed by atoms with van der Waals surface area (Å²) in [5.74, 6) is 1.67. The molecule has 2 aromatic rings. The van der Waals surface area contributed by atoms with Gasteiger partial charge in [-0.05, 0) is 31.2 Å². The molecule has 0 radical (unpaired) electrons. The second-order valence-electron chi connectivity index (χ2n) is 3.53. The van der Waals surface area contributed by atoms with E-state index in [9.17, 15) is 4.79 Å². The van der Waals surface area contributed by atoms with E-state index >= 15 is 0 Å². The topological polar surface area (TPSA) is 30.2 Å². The van der Waals surface area contributed by atoms with Gasteiger partial charge < -0.3 is 4.42 Å². The maximum atomic E-state index is 10.9. The van der Waals surface area contributed by atoms with Crippen molar-refractivity contribution in [2.45, 2.75) is 17.6 Å². The van der Waals surface area contributed by atoms with Gasteiger partial charge in [0.2, 0.25) is 0 Å². The minimum absolute atomic E-state index is 0.747. The Kier molecular flexibility index (Phi) is 3.47. The molecule has 0 spiro atoms. The molecule has 0 atom stereocenters. The number of furan rings is 1. The fourth-order valence-electron chi connectivity index (χ4n) is 1.44. The SMILES string of the molecule is Cc1ccc(SCc2ccco2)c(C=O)c1. The van der Waals surface area contributed by atoms with Crippen LogP contribution in [-0.4, -0.2) is 6.29 Å². The van der Waals surface area contributed by atoms with Gasteiger partial charge in [-0.1, -0.05) is 11.6 Å². The van der Waals surface area contributed by atoms with Crippen LogP contribution in [0.5, 0.6) is 0 Å². The van der Waals surface area contributed by atoms with Crippen LogP contribution in [0.1, 0.15) is 21.7 Å². The minimum Gasteiger partial charge on any atom is -0.468 e. The fraction of sp³-hybridized carbons (Fsp3) is 0.154. The van der Waals surface area contributed by atoms with Crippen molar-refractivity contribution in [2.75, 3.05) is 0 Å². The molecule has 0 aliphatic heterocycles. The van der Waals surface area contributed by atoms with E-state index in [1.54, 1.807) is 18.0 Å². The zero-order valence-electron chi connectivity index (χ0n) is 8.97. The van der Waals surface area contributed by atoms with Gasteiger partial charge in [-0.3, -0.25) is 4.79 Å². The predicted octanol–water partition coefficient (Wildman–Crippen LogP) is 3.69. The zero-order chi connectivity index (χ0) is 11.4. The highest BCUT2D eigenvalue weighted by Gasteiger charge is 2.04. The third kappa shape index (κ3) is 2.55.